The van der Waals surface area contributed by atoms with Gasteiger partial charge < -0.3 is 10.1 Å². The van der Waals surface area contributed by atoms with Gasteiger partial charge in [-0.1, -0.05) is 24.3 Å². The van der Waals surface area contributed by atoms with Crippen molar-refractivity contribution in [3.63, 3.8) is 0 Å². The summed E-state index contributed by atoms with van der Waals surface area (Å²) in [4.78, 5) is 24.4. The third kappa shape index (κ3) is 4.40. The minimum Gasteiger partial charge on any atom is -0.496 e. The molecule has 0 aliphatic heterocycles. The van der Waals surface area contributed by atoms with Crippen molar-refractivity contribution >= 4 is 21.8 Å². The van der Waals surface area contributed by atoms with Crippen LogP contribution in [-0.4, -0.2) is 33.4 Å². The average Bonchev–Trinajstić information content (AvgIpc) is 2.60. The molecule has 0 saturated heterocycles. The van der Waals surface area contributed by atoms with E-state index >= 15 is 0 Å². The van der Waals surface area contributed by atoms with Crippen molar-refractivity contribution in [3.05, 3.63) is 59.7 Å². The predicted molar refractivity (Wildman–Crippen MR) is 96.7 cm³/mol. The first-order valence-electron chi connectivity index (χ1n) is 7.86. The highest BCUT2D eigenvalue weighted by Crippen LogP contribution is 2.20. The number of benzene rings is 2. The van der Waals surface area contributed by atoms with Gasteiger partial charge in [0.25, 0.3) is 21.8 Å². The van der Waals surface area contributed by atoms with Crippen LogP contribution in [0.1, 0.15) is 34.6 Å². The topological polar surface area (TPSA) is 102 Å². The monoisotopic (exact) mass is 376 g/mol. The zero-order valence-electron chi connectivity index (χ0n) is 14.6. The quantitative estimate of drug-likeness (QED) is 0.802. The molecule has 2 aromatic carbocycles. The smallest absolute Gasteiger partial charge is 0.268 e. The molecule has 0 aliphatic carbocycles. The molecule has 0 atom stereocenters. The third-order valence-corrected chi connectivity index (χ3v) is 4.81. The van der Waals surface area contributed by atoms with Crippen LogP contribution in [0.5, 0.6) is 5.75 Å². The number of rotatable bonds is 6. The van der Waals surface area contributed by atoms with Crippen molar-refractivity contribution in [2.75, 3.05) is 7.11 Å². The Kier molecular flexibility index (Phi) is 5.99. The van der Waals surface area contributed by atoms with E-state index in [0.29, 0.717) is 0 Å². The first-order chi connectivity index (χ1) is 12.3. The Balaban J connectivity index is 2.37. The lowest BCUT2D eigenvalue weighted by Crippen LogP contribution is -2.35. The molecule has 7 nitrogen and oxygen atoms in total. The van der Waals surface area contributed by atoms with Gasteiger partial charge in [0, 0.05) is 6.04 Å². The van der Waals surface area contributed by atoms with Crippen molar-refractivity contribution in [2.45, 2.75) is 24.8 Å². The third-order valence-electron chi connectivity index (χ3n) is 3.42. The molecule has 138 valence electrons. The zero-order valence-corrected chi connectivity index (χ0v) is 15.5. The minimum absolute atomic E-state index is 0.0403. The predicted octanol–water partition coefficient (Wildman–Crippen LogP) is 1.95. The maximum Gasteiger partial charge on any atom is 0.268 e. The molecule has 0 saturated carbocycles. The molecule has 8 heteroatoms. The fourth-order valence-electron chi connectivity index (χ4n) is 2.29. The number of methoxy groups -OCH3 is 1. The van der Waals surface area contributed by atoms with Crippen molar-refractivity contribution in [3.8, 4) is 5.75 Å². The molecule has 26 heavy (non-hydrogen) atoms. The van der Waals surface area contributed by atoms with E-state index in [4.69, 9.17) is 4.74 Å². The van der Waals surface area contributed by atoms with E-state index < -0.39 is 21.8 Å². The van der Waals surface area contributed by atoms with Crippen LogP contribution in [0, 0.1) is 0 Å². The van der Waals surface area contributed by atoms with Crippen LogP contribution in [0.3, 0.4) is 0 Å². The number of ether oxygens (including phenoxy) is 1. The highest BCUT2D eigenvalue weighted by molar-refractivity contribution is 7.90. The van der Waals surface area contributed by atoms with Crippen LogP contribution in [0.15, 0.2) is 53.4 Å². The van der Waals surface area contributed by atoms with E-state index in [2.05, 4.69) is 5.32 Å². The summed E-state index contributed by atoms with van der Waals surface area (Å²) in [5, 5.41) is 2.64. The summed E-state index contributed by atoms with van der Waals surface area (Å²) in [7, 11) is -2.88. The summed E-state index contributed by atoms with van der Waals surface area (Å²) >= 11 is 0. The molecule has 0 radical (unpaired) electrons. The van der Waals surface area contributed by atoms with Gasteiger partial charge in [0.2, 0.25) is 0 Å². The molecule has 0 bridgehead atoms. The molecule has 0 heterocycles. The SMILES string of the molecule is COc1ccccc1C(=O)NS(=O)(=O)c1ccccc1C(=O)NC(C)C. The fraction of sp³-hybridized carbons (Fsp3) is 0.222. The molecular weight excluding hydrogens is 356 g/mol. The second kappa shape index (κ2) is 8.01. The van der Waals surface area contributed by atoms with Gasteiger partial charge in [-0.15, -0.1) is 0 Å². The van der Waals surface area contributed by atoms with Gasteiger partial charge in [0.1, 0.15) is 10.6 Å². The molecule has 0 aromatic heterocycles. The van der Waals surface area contributed by atoms with Crippen molar-refractivity contribution in [1.82, 2.24) is 10.0 Å². The number of para-hydroxylation sites is 1. The second-order valence-corrected chi connectivity index (χ2v) is 7.41. The van der Waals surface area contributed by atoms with Crippen LogP contribution in [0.4, 0.5) is 0 Å². The van der Waals surface area contributed by atoms with Crippen molar-refractivity contribution in [2.24, 2.45) is 0 Å². The first kappa shape index (κ1) is 19.5. The summed E-state index contributed by atoms with van der Waals surface area (Å²) in [5.74, 6) is -1.14. The fourth-order valence-corrected chi connectivity index (χ4v) is 3.46. The number of hydrogen-bond donors (Lipinski definition) is 2. The molecule has 0 spiro atoms. The van der Waals surface area contributed by atoms with E-state index in [1.165, 1.54) is 31.4 Å². The summed E-state index contributed by atoms with van der Waals surface area (Å²) in [6.45, 7) is 3.52. The van der Waals surface area contributed by atoms with E-state index in [-0.39, 0.29) is 27.8 Å². The Morgan fingerprint density at radius 3 is 2.12 bits per heavy atom. The first-order valence-corrected chi connectivity index (χ1v) is 9.34. The Hall–Kier alpha value is -2.87. The lowest BCUT2D eigenvalue weighted by molar-refractivity contribution is 0.0936. The van der Waals surface area contributed by atoms with Crippen LogP contribution in [0.2, 0.25) is 0 Å². The van der Waals surface area contributed by atoms with E-state index in [0.717, 1.165) is 0 Å². The summed E-state index contributed by atoms with van der Waals surface area (Å²) < 4.78 is 32.4. The van der Waals surface area contributed by atoms with Gasteiger partial charge in [-0.25, -0.2) is 13.1 Å². The number of sulfonamides is 1. The minimum atomic E-state index is -4.26. The maximum atomic E-state index is 12.7. The zero-order chi connectivity index (χ0) is 19.3. The van der Waals surface area contributed by atoms with Crippen LogP contribution in [0.25, 0.3) is 0 Å². The molecule has 2 amide bonds. The number of carbonyl (C=O) groups is 2. The molecule has 0 aliphatic rings. The van der Waals surface area contributed by atoms with E-state index in [1.807, 2.05) is 4.72 Å². The summed E-state index contributed by atoms with van der Waals surface area (Å²) in [6.07, 6.45) is 0. The van der Waals surface area contributed by atoms with Crippen LogP contribution in [-0.2, 0) is 10.0 Å². The Morgan fingerprint density at radius 1 is 0.923 bits per heavy atom. The highest BCUT2D eigenvalue weighted by Gasteiger charge is 2.25. The van der Waals surface area contributed by atoms with Gasteiger partial charge in [-0.05, 0) is 38.1 Å². The highest BCUT2D eigenvalue weighted by atomic mass is 32.2. The van der Waals surface area contributed by atoms with Crippen molar-refractivity contribution < 1.29 is 22.7 Å². The lowest BCUT2D eigenvalue weighted by Gasteiger charge is -2.14. The van der Waals surface area contributed by atoms with Gasteiger partial charge >= 0.3 is 0 Å². The normalized spacial score (nSPS) is 11.1. The largest absolute Gasteiger partial charge is 0.496 e. The summed E-state index contributed by atoms with van der Waals surface area (Å²) in [5.41, 5.74) is 0.0317. The van der Waals surface area contributed by atoms with Crippen LogP contribution >= 0.6 is 0 Å². The second-order valence-electron chi connectivity index (χ2n) is 5.76. The molecular formula is C18H20N2O5S. The molecule has 0 unspecified atom stereocenters. The number of amides is 2. The molecule has 0 fully saturated rings. The van der Waals surface area contributed by atoms with Gasteiger partial charge in [0.15, 0.2) is 0 Å². The number of carbonyl (C=O) groups excluding carboxylic acids is 2. The van der Waals surface area contributed by atoms with Crippen LogP contribution < -0.4 is 14.8 Å². The van der Waals surface area contributed by atoms with Gasteiger partial charge in [0.05, 0.1) is 18.2 Å². The van der Waals surface area contributed by atoms with E-state index in [1.54, 1.807) is 38.1 Å². The van der Waals surface area contributed by atoms with Gasteiger partial charge in [-0.2, -0.15) is 0 Å². The Morgan fingerprint density at radius 2 is 1.50 bits per heavy atom. The van der Waals surface area contributed by atoms with Crippen molar-refractivity contribution in [1.29, 1.82) is 0 Å². The Labute approximate surface area is 152 Å². The lowest BCUT2D eigenvalue weighted by atomic mass is 10.2. The maximum absolute atomic E-state index is 12.7. The number of nitrogens with one attached hydrogen (secondary N) is 2. The molecule has 2 rings (SSSR count). The molecule has 2 aromatic rings. The average molecular weight is 376 g/mol. The summed E-state index contributed by atoms with van der Waals surface area (Å²) in [6, 6.07) is 11.8. The molecule has 2 N–H and O–H groups in total. The Bertz CT molecular complexity index is 923. The standard InChI is InChI=1S/C18H20N2O5S/c1-12(2)19-17(21)14-9-5-7-11-16(14)26(23,24)20-18(22)13-8-4-6-10-15(13)25-3/h4-12H,1-3H3,(H,19,21)(H,20,22). The van der Waals surface area contributed by atoms with Gasteiger partial charge in [-0.3, -0.25) is 9.59 Å². The van der Waals surface area contributed by atoms with E-state index in [9.17, 15) is 18.0 Å². The number of hydrogen-bond acceptors (Lipinski definition) is 5.